The van der Waals surface area contributed by atoms with Gasteiger partial charge in [-0.05, 0) is 23.5 Å². The Kier molecular flexibility index (Phi) is 4.76. The molecule has 1 aromatic carbocycles. The summed E-state index contributed by atoms with van der Waals surface area (Å²) < 4.78 is 5.15. The van der Waals surface area contributed by atoms with E-state index in [-0.39, 0.29) is 5.91 Å². The van der Waals surface area contributed by atoms with Crippen LogP contribution in [0.1, 0.15) is 39.7 Å². The largest absolute Gasteiger partial charge is 0.495 e. The zero-order chi connectivity index (χ0) is 13.8. The number of anilines is 1. The molecule has 1 aliphatic rings. The summed E-state index contributed by atoms with van der Waals surface area (Å²) in [5.74, 6) is 0.808. The number of para-hydroxylation sites is 1. The quantitative estimate of drug-likeness (QED) is 0.825. The van der Waals surface area contributed by atoms with Gasteiger partial charge in [-0.1, -0.05) is 39.8 Å². The van der Waals surface area contributed by atoms with E-state index in [0.717, 1.165) is 23.4 Å². The lowest BCUT2D eigenvalue weighted by atomic mass is 10.0. The second kappa shape index (κ2) is 5.89. The van der Waals surface area contributed by atoms with E-state index in [0.29, 0.717) is 11.8 Å². The molecule has 3 nitrogen and oxygen atoms in total. The average Bonchev–Trinajstić information content (AvgIpc) is 2.26. The molecule has 1 N–H and O–H groups in total. The first-order valence-corrected chi connectivity index (χ1v) is 6.27. The van der Waals surface area contributed by atoms with Gasteiger partial charge < -0.3 is 10.1 Å². The van der Waals surface area contributed by atoms with Crippen molar-refractivity contribution in [1.29, 1.82) is 0 Å². The maximum atomic E-state index is 11.1. The van der Waals surface area contributed by atoms with Gasteiger partial charge in [0.25, 0.3) is 0 Å². The number of rotatable bonds is 1. The Morgan fingerprint density at radius 2 is 1.78 bits per heavy atom. The molecule has 1 aliphatic heterocycles. The van der Waals surface area contributed by atoms with Crippen molar-refractivity contribution in [1.82, 2.24) is 0 Å². The summed E-state index contributed by atoms with van der Waals surface area (Å²) in [7, 11) is 1.61. The van der Waals surface area contributed by atoms with Crippen molar-refractivity contribution < 1.29 is 9.53 Å². The third kappa shape index (κ3) is 4.78. The van der Waals surface area contributed by atoms with Crippen molar-refractivity contribution in [2.75, 3.05) is 12.4 Å². The highest BCUT2D eigenvalue weighted by atomic mass is 16.5. The molecule has 0 atom stereocenters. The predicted octanol–water partition coefficient (Wildman–Crippen LogP) is 3.63. The molecule has 0 unspecified atom stereocenters. The number of hydrogen-bond donors (Lipinski definition) is 1. The molecular weight excluding hydrogens is 226 g/mol. The summed E-state index contributed by atoms with van der Waals surface area (Å²) in [5.41, 5.74) is 2.49. The molecule has 3 heteroatoms. The van der Waals surface area contributed by atoms with Gasteiger partial charge in [0.1, 0.15) is 5.75 Å². The highest BCUT2D eigenvalue weighted by Crippen LogP contribution is 2.31. The first-order valence-electron chi connectivity index (χ1n) is 6.27. The van der Waals surface area contributed by atoms with Crippen molar-refractivity contribution in [3.63, 3.8) is 0 Å². The van der Waals surface area contributed by atoms with Crippen LogP contribution in [0.15, 0.2) is 18.2 Å². The maximum Gasteiger partial charge on any atom is 0.224 e. The first-order chi connectivity index (χ1) is 8.31. The minimum atomic E-state index is 0.0667. The summed E-state index contributed by atoms with van der Waals surface area (Å²) >= 11 is 0. The lowest BCUT2D eigenvalue weighted by Gasteiger charge is -2.18. The Labute approximate surface area is 110 Å². The van der Waals surface area contributed by atoms with Gasteiger partial charge in [0.2, 0.25) is 5.91 Å². The van der Waals surface area contributed by atoms with Crippen molar-refractivity contribution >= 4 is 11.6 Å². The van der Waals surface area contributed by atoms with E-state index in [2.05, 4.69) is 33.0 Å². The molecule has 0 aromatic heterocycles. The van der Waals surface area contributed by atoms with Gasteiger partial charge in [-0.15, -0.1) is 0 Å². The summed E-state index contributed by atoms with van der Waals surface area (Å²) in [6.45, 7) is 8.75. The number of carbonyl (C=O) groups excluding carboxylic acids is 1. The summed E-state index contributed by atoms with van der Waals surface area (Å²) in [6, 6.07) is 5.80. The molecule has 2 rings (SSSR count). The van der Waals surface area contributed by atoms with Crippen molar-refractivity contribution in [3.8, 4) is 5.75 Å². The fourth-order valence-corrected chi connectivity index (χ4v) is 1.55. The van der Waals surface area contributed by atoms with E-state index in [1.54, 1.807) is 7.11 Å². The molecule has 0 saturated heterocycles. The topological polar surface area (TPSA) is 38.3 Å². The number of methoxy groups -OCH3 is 1. The summed E-state index contributed by atoms with van der Waals surface area (Å²) in [4.78, 5) is 11.1. The molecular formula is C15H23NO2. The normalized spacial score (nSPS) is 13.9. The van der Waals surface area contributed by atoms with Gasteiger partial charge in [0.05, 0.1) is 12.8 Å². The second-order valence-corrected chi connectivity index (χ2v) is 6.04. The van der Waals surface area contributed by atoms with Gasteiger partial charge >= 0.3 is 0 Å². The van der Waals surface area contributed by atoms with E-state index in [9.17, 15) is 4.79 Å². The number of benzene rings is 1. The van der Waals surface area contributed by atoms with E-state index >= 15 is 0 Å². The maximum absolute atomic E-state index is 11.1. The van der Waals surface area contributed by atoms with Crippen LogP contribution in [0.5, 0.6) is 5.75 Å². The molecule has 1 heterocycles. The first kappa shape index (κ1) is 14.6. The molecule has 0 spiro atoms. The van der Waals surface area contributed by atoms with Gasteiger partial charge in [-0.2, -0.15) is 0 Å². The smallest absolute Gasteiger partial charge is 0.224 e. The fourth-order valence-electron chi connectivity index (χ4n) is 1.55. The van der Waals surface area contributed by atoms with Gasteiger partial charge in [-0.3, -0.25) is 4.79 Å². The van der Waals surface area contributed by atoms with Crippen LogP contribution in [0.4, 0.5) is 5.69 Å². The number of ether oxygens (including phenoxy) is 1. The second-order valence-electron chi connectivity index (χ2n) is 6.04. The fraction of sp³-hybridized carbons (Fsp3) is 0.533. The average molecular weight is 249 g/mol. The van der Waals surface area contributed by atoms with Gasteiger partial charge in [0, 0.05) is 6.42 Å². The van der Waals surface area contributed by atoms with Crippen LogP contribution < -0.4 is 10.1 Å². The van der Waals surface area contributed by atoms with E-state index < -0.39 is 0 Å². The molecule has 1 aromatic rings. The molecule has 0 fully saturated rings. The highest BCUT2D eigenvalue weighted by molar-refractivity contribution is 5.95. The molecule has 0 bridgehead atoms. The number of nitrogens with one attached hydrogen (secondary N) is 1. The summed E-state index contributed by atoms with van der Waals surface area (Å²) in [6.07, 6.45) is 1.37. The molecule has 100 valence electrons. The molecule has 0 saturated carbocycles. The summed E-state index contributed by atoms with van der Waals surface area (Å²) in [5, 5.41) is 2.82. The standard InChI is InChI=1S/C10H11NO2.C5H12/c1-13-8-4-2-3-7-5-6-9(12)11-10(7)8;1-5(2,3)4/h2-4H,5-6H2,1H3,(H,11,12);1-4H3. The van der Waals surface area contributed by atoms with Gasteiger partial charge in [0.15, 0.2) is 0 Å². The molecule has 0 aliphatic carbocycles. The van der Waals surface area contributed by atoms with Crippen LogP contribution >= 0.6 is 0 Å². The van der Waals surface area contributed by atoms with Crippen LogP contribution in [-0.2, 0) is 11.2 Å². The lowest BCUT2D eigenvalue weighted by Crippen LogP contribution is -2.19. The monoisotopic (exact) mass is 249 g/mol. The minimum absolute atomic E-state index is 0.0667. The van der Waals surface area contributed by atoms with Crippen LogP contribution in [0.2, 0.25) is 0 Å². The van der Waals surface area contributed by atoms with Crippen molar-refractivity contribution in [3.05, 3.63) is 23.8 Å². The van der Waals surface area contributed by atoms with Gasteiger partial charge in [-0.25, -0.2) is 0 Å². The number of hydrogen-bond acceptors (Lipinski definition) is 2. The Hall–Kier alpha value is -1.51. The van der Waals surface area contributed by atoms with Crippen LogP contribution in [-0.4, -0.2) is 13.0 Å². The van der Waals surface area contributed by atoms with Crippen LogP contribution in [0.25, 0.3) is 0 Å². The van der Waals surface area contributed by atoms with Crippen molar-refractivity contribution in [2.45, 2.75) is 40.5 Å². The molecule has 1 amide bonds. The van der Waals surface area contributed by atoms with Crippen LogP contribution in [0, 0.1) is 5.41 Å². The number of aryl methyl sites for hydroxylation is 1. The number of carbonyl (C=O) groups is 1. The Balaban J connectivity index is 0.000000280. The Morgan fingerprint density at radius 1 is 1.17 bits per heavy atom. The van der Waals surface area contributed by atoms with Crippen LogP contribution in [0.3, 0.4) is 0 Å². The molecule has 0 radical (unpaired) electrons. The predicted molar refractivity (Wildman–Crippen MR) is 75.1 cm³/mol. The number of fused-ring (bicyclic) bond motifs is 1. The SMILES string of the molecule is CC(C)(C)C.COc1cccc2c1NC(=O)CC2. The lowest BCUT2D eigenvalue weighted by molar-refractivity contribution is -0.116. The van der Waals surface area contributed by atoms with E-state index in [1.807, 2.05) is 18.2 Å². The number of amides is 1. The third-order valence-corrected chi connectivity index (χ3v) is 2.22. The zero-order valence-electron chi connectivity index (χ0n) is 12.0. The third-order valence-electron chi connectivity index (χ3n) is 2.22. The highest BCUT2D eigenvalue weighted by Gasteiger charge is 2.17. The Morgan fingerprint density at radius 3 is 2.33 bits per heavy atom. The minimum Gasteiger partial charge on any atom is -0.495 e. The Bertz CT molecular complexity index is 399. The molecule has 18 heavy (non-hydrogen) atoms. The zero-order valence-corrected chi connectivity index (χ0v) is 12.0. The van der Waals surface area contributed by atoms with Crippen molar-refractivity contribution in [2.24, 2.45) is 5.41 Å². The van der Waals surface area contributed by atoms with E-state index in [1.165, 1.54) is 0 Å². The van der Waals surface area contributed by atoms with E-state index in [4.69, 9.17) is 4.74 Å².